The second-order valence-electron chi connectivity index (χ2n) is 4.25. The molecule has 96 valence electrons. The van der Waals surface area contributed by atoms with E-state index in [1.54, 1.807) is 6.20 Å². The molecule has 0 saturated heterocycles. The number of rotatable bonds is 3. The third kappa shape index (κ3) is 2.61. The molecule has 0 amide bonds. The Morgan fingerprint density at radius 1 is 1.29 bits per heavy atom. The summed E-state index contributed by atoms with van der Waals surface area (Å²) in [6, 6.07) is -0.932. The summed E-state index contributed by atoms with van der Waals surface area (Å²) in [6.07, 6.45) is 0.788. The summed E-state index contributed by atoms with van der Waals surface area (Å²) in [7, 11) is 0. The first kappa shape index (κ1) is 12.4. The summed E-state index contributed by atoms with van der Waals surface area (Å²) >= 11 is 0. The summed E-state index contributed by atoms with van der Waals surface area (Å²) < 4.78 is 6.90. The highest BCUT2D eigenvalue weighted by molar-refractivity contribution is 4.97. The molecule has 1 saturated carbocycles. The molecule has 6 N–H and O–H groups in total. The van der Waals surface area contributed by atoms with Gasteiger partial charge in [-0.15, -0.1) is 5.10 Å². The van der Waals surface area contributed by atoms with Crippen LogP contribution in [0, 0.1) is 0 Å². The Balaban J connectivity index is 1.94. The molecule has 5 atom stereocenters. The van der Waals surface area contributed by atoms with Crippen LogP contribution in [0.4, 0.5) is 0 Å². The van der Waals surface area contributed by atoms with Crippen molar-refractivity contribution in [1.82, 2.24) is 15.0 Å². The molecule has 1 aliphatic carbocycles. The molecule has 8 nitrogen and oxygen atoms in total. The maximum Gasteiger partial charge on any atom is 0.141 e. The molecular weight excluding hydrogens is 226 g/mol. The number of hydrogen-bond acceptors (Lipinski definition) is 7. The van der Waals surface area contributed by atoms with E-state index in [2.05, 4.69) is 10.3 Å². The van der Waals surface area contributed by atoms with Gasteiger partial charge in [-0.05, 0) is 6.42 Å². The lowest BCUT2D eigenvalue weighted by molar-refractivity contribution is -0.143. The van der Waals surface area contributed by atoms with Gasteiger partial charge >= 0.3 is 0 Å². The average Bonchev–Trinajstić information content (AvgIpc) is 2.79. The number of aliphatic hydroxyl groups is 2. The van der Waals surface area contributed by atoms with Gasteiger partial charge in [0, 0.05) is 18.3 Å². The lowest BCUT2D eigenvalue weighted by Gasteiger charge is -2.39. The average molecular weight is 243 g/mol. The molecule has 0 spiro atoms. The van der Waals surface area contributed by atoms with Crippen molar-refractivity contribution in [2.45, 2.75) is 43.5 Å². The van der Waals surface area contributed by atoms with Crippen molar-refractivity contribution in [2.24, 2.45) is 11.5 Å². The highest BCUT2D eigenvalue weighted by Crippen LogP contribution is 2.21. The Morgan fingerprint density at radius 3 is 2.71 bits per heavy atom. The zero-order valence-corrected chi connectivity index (χ0v) is 9.25. The Labute approximate surface area is 98.2 Å². The Kier molecular flexibility index (Phi) is 3.69. The third-order valence-corrected chi connectivity index (χ3v) is 2.96. The summed E-state index contributed by atoms with van der Waals surface area (Å²) in [5.41, 5.74) is 11.5. The van der Waals surface area contributed by atoms with Gasteiger partial charge in [0.15, 0.2) is 0 Å². The first-order valence-corrected chi connectivity index (χ1v) is 5.42. The fourth-order valence-electron chi connectivity index (χ4n) is 1.97. The van der Waals surface area contributed by atoms with E-state index in [0.717, 1.165) is 0 Å². The van der Waals surface area contributed by atoms with E-state index in [0.29, 0.717) is 6.42 Å². The van der Waals surface area contributed by atoms with Gasteiger partial charge in [0.25, 0.3) is 0 Å². The number of nitrogens with two attached hydrogens (primary N) is 2. The van der Waals surface area contributed by atoms with Crippen molar-refractivity contribution in [3.05, 3.63) is 12.4 Å². The number of aliphatic hydroxyl groups excluding tert-OH is 2. The fraction of sp³-hybridized carbons (Fsp3) is 0.778. The minimum Gasteiger partial charge on any atom is -0.389 e. The van der Waals surface area contributed by atoms with E-state index in [-0.39, 0.29) is 6.73 Å². The van der Waals surface area contributed by atoms with Crippen molar-refractivity contribution in [3.8, 4) is 0 Å². The second-order valence-corrected chi connectivity index (χ2v) is 4.25. The Morgan fingerprint density at radius 2 is 2.06 bits per heavy atom. The number of ether oxygens (including phenoxy) is 1. The van der Waals surface area contributed by atoms with E-state index in [1.165, 1.54) is 10.9 Å². The van der Waals surface area contributed by atoms with Crippen LogP contribution in [0.25, 0.3) is 0 Å². The molecule has 1 heterocycles. The molecule has 1 aromatic heterocycles. The van der Waals surface area contributed by atoms with Gasteiger partial charge in [-0.1, -0.05) is 5.21 Å². The fourth-order valence-corrected chi connectivity index (χ4v) is 1.97. The van der Waals surface area contributed by atoms with Crippen molar-refractivity contribution < 1.29 is 14.9 Å². The summed E-state index contributed by atoms with van der Waals surface area (Å²) in [4.78, 5) is 0. The predicted octanol–water partition coefficient (Wildman–Crippen LogP) is -2.60. The minimum atomic E-state index is -1.09. The van der Waals surface area contributed by atoms with Crippen molar-refractivity contribution in [1.29, 1.82) is 0 Å². The summed E-state index contributed by atoms with van der Waals surface area (Å²) in [6.45, 7) is 0.122. The molecule has 0 bridgehead atoms. The lowest BCUT2D eigenvalue weighted by Crippen LogP contribution is -2.62. The highest BCUT2D eigenvalue weighted by atomic mass is 16.5. The monoisotopic (exact) mass is 243 g/mol. The van der Waals surface area contributed by atoms with Crippen LogP contribution in [0.3, 0.4) is 0 Å². The molecule has 8 heteroatoms. The number of hydrogen-bond donors (Lipinski definition) is 4. The second kappa shape index (κ2) is 5.07. The molecule has 1 aromatic rings. The molecule has 2 rings (SSSR count). The van der Waals surface area contributed by atoms with E-state index < -0.39 is 30.4 Å². The van der Waals surface area contributed by atoms with Crippen LogP contribution in [0.2, 0.25) is 0 Å². The largest absolute Gasteiger partial charge is 0.389 e. The number of aromatic nitrogens is 3. The molecular formula is C9H17N5O3. The van der Waals surface area contributed by atoms with Gasteiger partial charge in [-0.2, -0.15) is 0 Å². The van der Waals surface area contributed by atoms with Gasteiger partial charge in [0.2, 0.25) is 0 Å². The Bertz CT molecular complexity index is 346. The first-order valence-electron chi connectivity index (χ1n) is 5.42. The quantitative estimate of drug-likeness (QED) is 0.457. The van der Waals surface area contributed by atoms with E-state index in [9.17, 15) is 10.2 Å². The van der Waals surface area contributed by atoms with Crippen LogP contribution in [0.15, 0.2) is 12.4 Å². The van der Waals surface area contributed by atoms with E-state index >= 15 is 0 Å². The predicted molar refractivity (Wildman–Crippen MR) is 57.5 cm³/mol. The topological polar surface area (TPSA) is 132 Å². The van der Waals surface area contributed by atoms with Crippen molar-refractivity contribution in [3.63, 3.8) is 0 Å². The first-order chi connectivity index (χ1) is 8.09. The lowest BCUT2D eigenvalue weighted by atomic mass is 9.85. The van der Waals surface area contributed by atoms with Crippen LogP contribution >= 0.6 is 0 Å². The zero-order valence-electron chi connectivity index (χ0n) is 9.25. The standard InChI is InChI=1S/C9H17N5O3/c10-5-3-6(11)9(8(16)7(5)15)17-4-14-2-1-12-13-14/h1-2,5-9,15-16H,3-4,10-11H2/t5-,6+,7+,8-,9-/m0/s1. The maximum atomic E-state index is 9.83. The molecule has 0 aliphatic heterocycles. The van der Waals surface area contributed by atoms with Crippen LogP contribution in [0.5, 0.6) is 0 Å². The molecule has 17 heavy (non-hydrogen) atoms. The molecule has 1 fully saturated rings. The van der Waals surface area contributed by atoms with E-state index in [4.69, 9.17) is 16.2 Å². The summed E-state index contributed by atoms with van der Waals surface area (Å²) in [5.74, 6) is 0. The van der Waals surface area contributed by atoms with Crippen LogP contribution in [-0.2, 0) is 11.5 Å². The van der Waals surface area contributed by atoms with Gasteiger partial charge in [-0.25, -0.2) is 4.68 Å². The number of nitrogens with zero attached hydrogens (tertiary/aromatic N) is 3. The molecule has 0 unspecified atom stereocenters. The molecule has 0 radical (unpaired) electrons. The van der Waals surface area contributed by atoms with Crippen molar-refractivity contribution >= 4 is 0 Å². The van der Waals surface area contributed by atoms with Crippen LogP contribution in [0.1, 0.15) is 6.42 Å². The Hall–Kier alpha value is -1.06. The molecule has 1 aliphatic rings. The van der Waals surface area contributed by atoms with Crippen molar-refractivity contribution in [2.75, 3.05) is 0 Å². The normalized spacial score (nSPS) is 38.2. The zero-order chi connectivity index (χ0) is 12.4. The van der Waals surface area contributed by atoms with Crippen LogP contribution < -0.4 is 11.5 Å². The maximum absolute atomic E-state index is 9.83. The summed E-state index contributed by atoms with van der Waals surface area (Å²) in [5, 5.41) is 26.8. The van der Waals surface area contributed by atoms with Gasteiger partial charge in [0.1, 0.15) is 18.9 Å². The highest BCUT2D eigenvalue weighted by Gasteiger charge is 2.41. The molecule has 0 aromatic carbocycles. The van der Waals surface area contributed by atoms with Gasteiger partial charge in [0.05, 0.1) is 12.3 Å². The van der Waals surface area contributed by atoms with E-state index in [1.807, 2.05) is 0 Å². The van der Waals surface area contributed by atoms with Crippen LogP contribution in [-0.4, -0.2) is 55.6 Å². The smallest absolute Gasteiger partial charge is 0.141 e. The SMILES string of the molecule is N[C@@H]1C[C@H](N)[C@@H](O)[C@H](O)[C@H]1OCn1ccnn1. The van der Waals surface area contributed by atoms with Gasteiger partial charge < -0.3 is 26.4 Å². The third-order valence-electron chi connectivity index (χ3n) is 2.96. The van der Waals surface area contributed by atoms with Gasteiger partial charge in [-0.3, -0.25) is 0 Å². The minimum absolute atomic E-state index is 0.122.